The minimum absolute atomic E-state index is 0.391. The number of carbonyl (C=O) groups is 1. The first-order chi connectivity index (χ1) is 9.84. The summed E-state index contributed by atoms with van der Waals surface area (Å²) >= 11 is 0. The van der Waals surface area contributed by atoms with Gasteiger partial charge in [0.15, 0.2) is 0 Å². The highest BCUT2D eigenvalue weighted by molar-refractivity contribution is 5.78. The van der Waals surface area contributed by atoms with Crippen molar-refractivity contribution in [2.24, 2.45) is 0 Å². The van der Waals surface area contributed by atoms with Gasteiger partial charge in [-0.05, 0) is 25.7 Å². The molecule has 0 aromatic heterocycles. The van der Waals surface area contributed by atoms with Crippen molar-refractivity contribution < 1.29 is 4.79 Å². The van der Waals surface area contributed by atoms with Crippen LogP contribution in [-0.2, 0) is 4.79 Å². The number of hydrogen-bond donors (Lipinski definition) is 2. The van der Waals surface area contributed by atoms with E-state index in [0.717, 1.165) is 39.3 Å². The lowest BCUT2D eigenvalue weighted by atomic mass is 10.2. The molecule has 2 aliphatic heterocycles. The number of Topliss-reactive ketones (excluding diaryl/α,β-unsaturated/α-hetero) is 1. The van der Waals surface area contributed by atoms with Crippen molar-refractivity contribution in [3.8, 4) is 0 Å². The van der Waals surface area contributed by atoms with Gasteiger partial charge in [0.25, 0.3) is 0 Å². The minimum atomic E-state index is 0.391. The van der Waals surface area contributed by atoms with Crippen LogP contribution in [0.1, 0.15) is 51.4 Å². The maximum atomic E-state index is 12.0. The molecule has 0 atom stereocenters. The van der Waals surface area contributed by atoms with Crippen LogP contribution in [0.2, 0.25) is 0 Å². The number of carbonyl (C=O) groups excluding carboxylic acids is 1. The number of ketones is 1. The molecule has 0 unspecified atom stereocenters. The molecule has 5 heteroatoms. The van der Waals surface area contributed by atoms with E-state index in [0.29, 0.717) is 18.6 Å². The first kappa shape index (κ1) is 15.9. The van der Waals surface area contributed by atoms with Crippen LogP contribution in [0.15, 0.2) is 0 Å². The van der Waals surface area contributed by atoms with Gasteiger partial charge in [0.2, 0.25) is 0 Å². The standard InChI is InChI=1S/C15H30N4O/c20-15(7-13-18-11-5-1-3-9-16-18)8-14-19-12-6-2-4-10-17-19/h16-17H,1-14H2. The molecular weight excluding hydrogens is 252 g/mol. The van der Waals surface area contributed by atoms with Gasteiger partial charge < -0.3 is 0 Å². The summed E-state index contributed by atoms with van der Waals surface area (Å²) in [7, 11) is 0. The van der Waals surface area contributed by atoms with Gasteiger partial charge in [-0.2, -0.15) is 0 Å². The molecule has 2 fully saturated rings. The lowest BCUT2D eigenvalue weighted by Crippen LogP contribution is -2.40. The molecule has 0 bridgehead atoms. The van der Waals surface area contributed by atoms with E-state index in [9.17, 15) is 4.79 Å². The van der Waals surface area contributed by atoms with E-state index in [-0.39, 0.29) is 0 Å². The molecule has 2 N–H and O–H groups in total. The van der Waals surface area contributed by atoms with E-state index in [1.807, 2.05) is 0 Å². The monoisotopic (exact) mass is 282 g/mol. The molecule has 0 spiro atoms. The van der Waals surface area contributed by atoms with E-state index in [2.05, 4.69) is 20.9 Å². The van der Waals surface area contributed by atoms with Crippen molar-refractivity contribution in [2.45, 2.75) is 51.4 Å². The summed E-state index contributed by atoms with van der Waals surface area (Å²) in [6.07, 6.45) is 8.98. The molecule has 0 saturated carbocycles. The Bertz CT molecular complexity index is 243. The number of nitrogens with one attached hydrogen (secondary N) is 2. The zero-order chi connectivity index (χ0) is 14.0. The highest BCUT2D eigenvalue weighted by atomic mass is 16.1. The van der Waals surface area contributed by atoms with Gasteiger partial charge >= 0.3 is 0 Å². The number of rotatable bonds is 6. The van der Waals surface area contributed by atoms with Crippen LogP contribution in [0.25, 0.3) is 0 Å². The van der Waals surface area contributed by atoms with Crippen molar-refractivity contribution in [2.75, 3.05) is 39.3 Å². The Balaban J connectivity index is 1.57. The van der Waals surface area contributed by atoms with Gasteiger partial charge in [0.1, 0.15) is 5.78 Å². The fourth-order valence-electron chi connectivity index (χ4n) is 2.87. The van der Waals surface area contributed by atoms with E-state index in [1.54, 1.807) is 0 Å². The summed E-state index contributed by atoms with van der Waals surface area (Å²) in [6, 6.07) is 0. The molecule has 2 rings (SSSR count). The van der Waals surface area contributed by atoms with Gasteiger partial charge in [-0.1, -0.05) is 12.8 Å². The van der Waals surface area contributed by atoms with Crippen molar-refractivity contribution in [1.82, 2.24) is 20.9 Å². The van der Waals surface area contributed by atoms with Crippen molar-refractivity contribution >= 4 is 5.78 Å². The second-order valence-corrected chi connectivity index (χ2v) is 5.95. The smallest absolute Gasteiger partial charge is 0.135 e. The maximum Gasteiger partial charge on any atom is 0.135 e. The van der Waals surface area contributed by atoms with Crippen LogP contribution >= 0.6 is 0 Å². The SMILES string of the molecule is O=C(CCN1CCCCCN1)CCN1CCCCCN1. The van der Waals surface area contributed by atoms with Crippen LogP contribution in [0, 0.1) is 0 Å². The largest absolute Gasteiger partial charge is 0.300 e. The summed E-state index contributed by atoms with van der Waals surface area (Å²) in [5.74, 6) is 0.391. The molecule has 116 valence electrons. The molecule has 0 aliphatic carbocycles. The van der Waals surface area contributed by atoms with Gasteiger partial charge in [-0.3, -0.25) is 15.6 Å². The Morgan fingerprint density at radius 2 is 1.25 bits per heavy atom. The molecule has 0 amide bonds. The minimum Gasteiger partial charge on any atom is -0.300 e. The van der Waals surface area contributed by atoms with E-state index < -0.39 is 0 Å². The quantitative estimate of drug-likeness (QED) is 0.769. The highest BCUT2D eigenvalue weighted by Crippen LogP contribution is 2.05. The van der Waals surface area contributed by atoms with E-state index in [1.165, 1.54) is 38.5 Å². The molecule has 20 heavy (non-hydrogen) atoms. The summed E-state index contributed by atoms with van der Waals surface area (Å²) in [5.41, 5.74) is 6.82. The zero-order valence-electron chi connectivity index (χ0n) is 12.7. The Hall–Kier alpha value is -0.490. The maximum absolute atomic E-state index is 12.0. The number of hydrazine groups is 2. The van der Waals surface area contributed by atoms with E-state index >= 15 is 0 Å². The van der Waals surface area contributed by atoms with Crippen molar-refractivity contribution in [1.29, 1.82) is 0 Å². The second-order valence-electron chi connectivity index (χ2n) is 5.95. The average Bonchev–Trinajstić information content (AvgIpc) is 2.87. The van der Waals surface area contributed by atoms with Crippen LogP contribution in [0.5, 0.6) is 0 Å². The first-order valence-corrected chi connectivity index (χ1v) is 8.33. The highest BCUT2D eigenvalue weighted by Gasteiger charge is 2.13. The topological polar surface area (TPSA) is 47.6 Å². The Kier molecular flexibility index (Phi) is 7.51. The first-order valence-electron chi connectivity index (χ1n) is 8.33. The summed E-state index contributed by atoms with van der Waals surface area (Å²) < 4.78 is 0. The molecule has 2 aliphatic rings. The fourth-order valence-corrected chi connectivity index (χ4v) is 2.87. The summed E-state index contributed by atoms with van der Waals surface area (Å²) in [5, 5.41) is 4.46. The molecule has 0 radical (unpaired) electrons. The lowest BCUT2D eigenvalue weighted by molar-refractivity contribution is -0.120. The van der Waals surface area contributed by atoms with Crippen LogP contribution < -0.4 is 10.9 Å². The van der Waals surface area contributed by atoms with Gasteiger partial charge in [-0.15, -0.1) is 0 Å². The zero-order valence-corrected chi connectivity index (χ0v) is 12.7. The van der Waals surface area contributed by atoms with Crippen LogP contribution in [0.3, 0.4) is 0 Å². The predicted molar refractivity (Wildman–Crippen MR) is 81.1 cm³/mol. The Labute approximate surface area is 123 Å². The van der Waals surface area contributed by atoms with Crippen molar-refractivity contribution in [3.05, 3.63) is 0 Å². The van der Waals surface area contributed by atoms with Crippen LogP contribution in [-0.4, -0.2) is 55.1 Å². The predicted octanol–water partition coefficient (Wildman–Crippen LogP) is 1.32. The Morgan fingerprint density at radius 1 is 0.750 bits per heavy atom. The molecule has 0 aromatic carbocycles. The molecule has 2 heterocycles. The molecular formula is C15H30N4O. The molecule has 5 nitrogen and oxygen atoms in total. The average molecular weight is 282 g/mol. The third-order valence-corrected chi connectivity index (χ3v) is 4.20. The summed E-state index contributed by atoms with van der Waals surface area (Å²) in [4.78, 5) is 12.0. The number of nitrogens with zero attached hydrogens (tertiary/aromatic N) is 2. The lowest BCUT2D eigenvalue weighted by Gasteiger charge is -2.22. The second kappa shape index (κ2) is 9.45. The normalized spacial score (nSPS) is 23.2. The Morgan fingerprint density at radius 3 is 1.75 bits per heavy atom. The summed E-state index contributed by atoms with van der Waals surface area (Å²) in [6.45, 7) is 6.03. The van der Waals surface area contributed by atoms with Gasteiger partial charge in [0.05, 0.1) is 0 Å². The van der Waals surface area contributed by atoms with Crippen LogP contribution in [0.4, 0.5) is 0 Å². The van der Waals surface area contributed by atoms with Gasteiger partial charge in [-0.25, -0.2) is 10.0 Å². The van der Waals surface area contributed by atoms with E-state index in [4.69, 9.17) is 0 Å². The molecule has 0 aromatic rings. The molecule has 2 saturated heterocycles. The third kappa shape index (κ3) is 6.31. The fraction of sp³-hybridized carbons (Fsp3) is 0.933. The van der Waals surface area contributed by atoms with Crippen molar-refractivity contribution in [3.63, 3.8) is 0 Å². The van der Waals surface area contributed by atoms with Gasteiger partial charge in [0, 0.05) is 52.1 Å². The third-order valence-electron chi connectivity index (χ3n) is 4.20. The number of hydrogen-bond acceptors (Lipinski definition) is 5.